The first-order valence-corrected chi connectivity index (χ1v) is 11.7. The number of thioether (sulfide) groups is 1. The summed E-state index contributed by atoms with van der Waals surface area (Å²) in [6.07, 6.45) is 1.34. The first-order valence-electron chi connectivity index (χ1n) is 9.69. The zero-order valence-electron chi connectivity index (χ0n) is 17.2. The van der Waals surface area contributed by atoms with E-state index in [4.69, 9.17) is 14.6 Å². The highest BCUT2D eigenvalue weighted by molar-refractivity contribution is 9.10. The molecule has 1 aliphatic rings. The number of carboxylic acid groups (broad SMARTS) is 1. The van der Waals surface area contributed by atoms with Crippen molar-refractivity contribution in [3.8, 4) is 22.8 Å². The summed E-state index contributed by atoms with van der Waals surface area (Å²) in [6.45, 7) is 1.73. The summed E-state index contributed by atoms with van der Waals surface area (Å²) in [5, 5.41) is 17.5. The van der Waals surface area contributed by atoms with Crippen molar-refractivity contribution >= 4 is 39.3 Å². The molecule has 11 heteroatoms. The van der Waals surface area contributed by atoms with E-state index in [9.17, 15) is 9.59 Å². The molecule has 2 heterocycles. The van der Waals surface area contributed by atoms with Crippen molar-refractivity contribution in [1.82, 2.24) is 10.1 Å². The van der Waals surface area contributed by atoms with Crippen molar-refractivity contribution in [2.75, 3.05) is 24.8 Å². The number of nitrogens with zero attached hydrogens (tertiary/aromatic N) is 2. The van der Waals surface area contributed by atoms with Gasteiger partial charge in [0.2, 0.25) is 5.16 Å². The summed E-state index contributed by atoms with van der Waals surface area (Å²) in [7, 11) is 0. The normalized spacial score (nSPS) is 14.2. The van der Waals surface area contributed by atoms with E-state index in [-0.39, 0.29) is 5.56 Å². The molecule has 1 aromatic heterocycles. The van der Waals surface area contributed by atoms with Crippen LogP contribution in [-0.4, -0.2) is 40.6 Å². The quantitative estimate of drug-likeness (QED) is 0.322. The van der Waals surface area contributed by atoms with Gasteiger partial charge in [0.1, 0.15) is 0 Å². The van der Waals surface area contributed by atoms with Crippen molar-refractivity contribution in [2.45, 2.75) is 18.2 Å². The Morgan fingerprint density at radius 2 is 2.06 bits per heavy atom. The molecule has 4 rings (SSSR count). The van der Waals surface area contributed by atoms with E-state index in [2.05, 4.69) is 31.3 Å². The van der Waals surface area contributed by atoms with Gasteiger partial charge in [-0.25, -0.2) is 4.79 Å². The van der Waals surface area contributed by atoms with Crippen LogP contribution in [0.25, 0.3) is 11.3 Å². The highest BCUT2D eigenvalue weighted by Crippen LogP contribution is 2.36. The minimum atomic E-state index is -1.08. The van der Waals surface area contributed by atoms with Crippen LogP contribution in [-0.2, 0) is 4.79 Å². The van der Waals surface area contributed by atoms with Gasteiger partial charge in [0.15, 0.2) is 18.1 Å². The fraction of sp³-hybridized carbons (Fsp3) is 0.238. The summed E-state index contributed by atoms with van der Waals surface area (Å²) in [5.74, 6) is -0.343. The standard InChI is InChI=1S/C21H19BrN4O5S/c1-3-30-16-8-11(4-7-15(16)31-10-17(27)28)19-23-14-6-5-12(22)9-13(14)18-20(29)24-21(32-2)25-26(18)19/h4-9,19H,3,10H2,1-2H3,(H2,24,25,27,28,29)/p+1/t19-/m1/s1. The number of rotatable bonds is 7. The largest absolute Gasteiger partial charge is 0.490 e. The molecule has 0 saturated carbocycles. The lowest BCUT2D eigenvalue weighted by atomic mass is 10.0. The second-order valence-corrected chi connectivity index (χ2v) is 8.53. The number of ether oxygens (including phenoxy) is 2. The van der Waals surface area contributed by atoms with Crippen LogP contribution in [0.5, 0.6) is 11.5 Å². The molecule has 0 fully saturated rings. The van der Waals surface area contributed by atoms with Crippen LogP contribution >= 0.6 is 27.7 Å². The van der Waals surface area contributed by atoms with Crippen molar-refractivity contribution in [2.24, 2.45) is 0 Å². The van der Waals surface area contributed by atoms with E-state index in [1.807, 2.05) is 31.4 Å². The number of anilines is 1. The van der Waals surface area contributed by atoms with Crippen molar-refractivity contribution < 1.29 is 24.1 Å². The van der Waals surface area contributed by atoms with Crippen LogP contribution in [0.3, 0.4) is 0 Å². The number of halogens is 1. The molecule has 3 N–H and O–H groups in total. The number of aliphatic carboxylic acids is 1. The average molecular weight is 520 g/mol. The molecule has 166 valence electrons. The fourth-order valence-electron chi connectivity index (χ4n) is 3.45. The van der Waals surface area contributed by atoms with Crippen LogP contribution in [0, 0.1) is 0 Å². The summed E-state index contributed by atoms with van der Waals surface area (Å²) >= 11 is 4.80. The van der Waals surface area contributed by atoms with Crippen LogP contribution in [0.1, 0.15) is 18.7 Å². The smallest absolute Gasteiger partial charge is 0.341 e. The Bertz CT molecular complexity index is 1250. The Labute approximate surface area is 195 Å². The predicted octanol–water partition coefficient (Wildman–Crippen LogP) is 3.04. The Morgan fingerprint density at radius 3 is 2.78 bits per heavy atom. The third-order valence-corrected chi connectivity index (χ3v) is 5.83. The molecule has 0 unspecified atom stereocenters. The van der Waals surface area contributed by atoms with Gasteiger partial charge in [-0.2, -0.15) is 0 Å². The van der Waals surface area contributed by atoms with Gasteiger partial charge in [0, 0.05) is 15.1 Å². The number of hydrogen-bond acceptors (Lipinski definition) is 7. The maximum atomic E-state index is 13.0. The van der Waals surface area contributed by atoms with Crippen molar-refractivity contribution in [1.29, 1.82) is 0 Å². The molecule has 9 nitrogen and oxygen atoms in total. The number of aromatic nitrogens is 3. The molecule has 32 heavy (non-hydrogen) atoms. The molecule has 2 aromatic carbocycles. The summed E-state index contributed by atoms with van der Waals surface area (Å²) in [5.41, 5.74) is 2.45. The monoisotopic (exact) mass is 519 g/mol. The van der Waals surface area contributed by atoms with Gasteiger partial charge >= 0.3 is 17.2 Å². The highest BCUT2D eigenvalue weighted by Gasteiger charge is 2.38. The zero-order chi connectivity index (χ0) is 22.8. The van der Waals surface area contributed by atoms with Gasteiger partial charge in [-0.15, -0.1) is 0 Å². The lowest BCUT2D eigenvalue weighted by Crippen LogP contribution is -2.55. The maximum absolute atomic E-state index is 13.0. The first-order chi connectivity index (χ1) is 15.4. The van der Waals surface area contributed by atoms with Gasteiger partial charge in [-0.05, 0) is 54.3 Å². The predicted molar refractivity (Wildman–Crippen MR) is 122 cm³/mol. The van der Waals surface area contributed by atoms with Crippen LogP contribution in [0.4, 0.5) is 5.69 Å². The zero-order valence-corrected chi connectivity index (χ0v) is 19.6. The molecular weight excluding hydrogens is 500 g/mol. The van der Waals surface area contributed by atoms with Gasteiger partial charge in [0.05, 0.1) is 17.9 Å². The SMILES string of the molecule is CCOc1cc([C@@H]2Nc3ccc(Br)cc3-c3c(=O)[nH]c(SC)n[n+]32)ccc1OCC(=O)O. The molecule has 1 aliphatic heterocycles. The number of benzene rings is 2. The van der Waals surface area contributed by atoms with E-state index < -0.39 is 18.7 Å². The fourth-order valence-corrected chi connectivity index (χ4v) is 4.18. The van der Waals surface area contributed by atoms with E-state index in [1.54, 1.807) is 22.9 Å². The number of hydrogen-bond donors (Lipinski definition) is 3. The number of aromatic amines is 1. The minimum Gasteiger partial charge on any atom is -0.490 e. The Hall–Kier alpha value is -3.05. The van der Waals surface area contributed by atoms with Crippen LogP contribution in [0.2, 0.25) is 0 Å². The van der Waals surface area contributed by atoms with E-state index >= 15 is 0 Å². The van der Waals surface area contributed by atoms with Crippen molar-refractivity contribution in [3.05, 3.63) is 56.8 Å². The second-order valence-electron chi connectivity index (χ2n) is 6.81. The molecule has 0 saturated heterocycles. The number of fused-ring (bicyclic) bond motifs is 3. The van der Waals surface area contributed by atoms with Crippen molar-refractivity contribution in [3.63, 3.8) is 0 Å². The van der Waals surface area contributed by atoms with Gasteiger partial charge in [-0.1, -0.05) is 27.7 Å². The molecule has 0 radical (unpaired) electrons. The lowest BCUT2D eigenvalue weighted by molar-refractivity contribution is -0.759. The Kier molecular flexibility index (Phi) is 6.38. The van der Waals surface area contributed by atoms with Crippen LogP contribution in [0.15, 0.2) is 50.8 Å². The summed E-state index contributed by atoms with van der Waals surface area (Å²) < 4.78 is 13.5. The molecule has 1 atom stereocenters. The maximum Gasteiger partial charge on any atom is 0.341 e. The Morgan fingerprint density at radius 1 is 1.25 bits per heavy atom. The number of H-pyrrole nitrogens is 1. The summed E-state index contributed by atoms with van der Waals surface area (Å²) in [6, 6.07) is 10.9. The summed E-state index contributed by atoms with van der Waals surface area (Å²) in [4.78, 5) is 26.7. The second kappa shape index (κ2) is 9.21. The van der Waals surface area contributed by atoms with E-state index in [0.29, 0.717) is 29.0 Å². The topological polar surface area (TPSA) is 117 Å². The van der Waals surface area contributed by atoms with Gasteiger partial charge in [0.25, 0.3) is 6.17 Å². The first kappa shape index (κ1) is 22.2. The molecule has 0 bridgehead atoms. The van der Waals surface area contributed by atoms with E-state index in [0.717, 1.165) is 21.3 Å². The Balaban J connectivity index is 1.85. The number of carboxylic acids is 1. The van der Waals surface area contributed by atoms with Crippen LogP contribution < -0.4 is 25.0 Å². The van der Waals surface area contributed by atoms with Gasteiger partial charge in [-0.3, -0.25) is 9.78 Å². The third-order valence-electron chi connectivity index (χ3n) is 4.76. The number of nitrogens with one attached hydrogen (secondary N) is 2. The molecular formula is C21H20BrN4O5S+. The lowest BCUT2D eigenvalue weighted by Gasteiger charge is -2.23. The molecule has 0 spiro atoms. The highest BCUT2D eigenvalue weighted by atomic mass is 79.9. The minimum absolute atomic E-state index is 0.248. The molecule has 0 aliphatic carbocycles. The average Bonchev–Trinajstić information content (AvgIpc) is 2.77. The number of carbonyl (C=O) groups is 1. The van der Waals surface area contributed by atoms with Gasteiger partial charge < -0.3 is 19.9 Å². The third kappa shape index (κ3) is 4.30. The molecule has 3 aromatic rings. The molecule has 0 amide bonds. The van der Waals surface area contributed by atoms with E-state index in [1.165, 1.54) is 11.8 Å².